The molecule has 2 nitrogen and oxygen atoms in total. The lowest BCUT2D eigenvalue weighted by Gasteiger charge is -2.03. The lowest BCUT2D eigenvalue weighted by Crippen LogP contribution is -2.10. The number of hydrogen-bond acceptors (Lipinski definition) is 1. The summed E-state index contributed by atoms with van der Waals surface area (Å²) in [6.07, 6.45) is 13.0. The molecule has 0 fully saturated rings. The molecule has 2 heteroatoms. The Balaban J connectivity index is 2.00. The van der Waals surface area contributed by atoms with Crippen LogP contribution in [0.1, 0.15) is 71.1 Å². The number of amidine groups is 1. The first-order chi connectivity index (χ1) is 9.83. The van der Waals surface area contributed by atoms with Gasteiger partial charge < -0.3 is 5.73 Å². The molecule has 0 saturated heterocycles. The van der Waals surface area contributed by atoms with Gasteiger partial charge in [0.1, 0.15) is 0 Å². The van der Waals surface area contributed by atoms with E-state index in [1.807, 2.05) is 30.3 Å². The van der Waals surface area contributed by atoms with Gasteiger partial charge in [-0.1, -0.05) is 76.5 Å². The number of nitrogens with two attached hydrogens (primary N) is 1. The molecule has 0 heterocycles. The van der Waals surface area contributed by atoms with Crippen LogP contribution in [0.15, 0.2) is 35.3 Å². The third-order valence-electron chi connectivity index (χ3n) is 3.57. The van der Waals surface area contributed by atoms with Crippen LogP contribution < -0.4 is 5.73 Å². The van der Waals surface area contributed by atoms with Gasteiger partial charge in [0.05, 0.1) is 11.5 Å². The molecule has 1 aromatic rings. The predicted octanol–water partition coefficient (Wildman–Crippen LogP) is 5.60. The highest BCUT2D eigenvalue weighted by atomic mass is 14.8. The first-order valence-corrected chi connectivity index (χ1v) is 8.21. The van der Waals surface area contributed by atoms with Crippen molar-refractivity contribution in [2.75, 3.05) is 0 Å². The minimum absolute atomic E-state index is 0.763. The Bertz CT molecular complexity index is 357. The lowest BCUT2D eigenvalue weighted by atomic mass is 10.1. The molecule has 0 saturated carbocycles. The van der Waals surface area contributed by atoms with E-state index in [-0.39, 0.29) is 0 Å². The Morgan fingerprint density at radius 2 is 1.40 bits per heavy atom. The zero-order valence-electron chi connectivity index (χ0n) is 13.0. The number of hydrogen-bond donors (Lipinski definition) is 1. The summed E-state index contributed by atoms with van der Waals surface area (Å²) >= 11 is 0. The standard InChI is InChI=1S/C18H30N2/c1-2-3-4-5-6-7-8-9-13-16-18(19)20-17-14-11-10-12-15-17/h10-12,14-15H,2-9,13,16H2,1H3,(H2,19,20). The van der Waals surface area contributed by atoms with E-state index >= 15 is 0 Å². The minimum Gasteiger partial charge on any atom is -0.387 e. The average molecular weight is 274 g/mol. The Morgan fingerprint density at radius 1 is 0.850 bits per heavy atom. The van der Waals surface area contributed by atoms with Gasteiger partial charge in [0.2, 0.25) is 0 Å². The lowest BCUT2D eigenvalue weighted by molar-refractivity contribution is 0.568. The summed E-state index contributed by atoms with van der Waals surface area (Å²) in [7, 11) is 0. The first-order valence-electron chi connectivity index (χ1n) is 8.21. The van der Waals surface area contributed by atoms with E-state index in [0.717, 1.165) is 24.4 Å². The highest BCUT2D eigenvalue weighted by molar-refractivity contribution is 5.82. The fraction of sp³-hybridized carbons (Fsp3) is 0.611. The molecule has 2 N–H and O–H groups in total. The largest absolute Gasteiger partial charge is 0.387 e. The maximum atomic E-state index is 5.95. The summed E-state index contributed by atoms with van der Waals surface area (Å²) in [4.78, 5) is 4.42. The molecular weight excluding hydrogens is 244 g/mol. The maximum Gasteiger partial charge on any atom is 0.0996 e. The molecule has 112 valence electrons. The Kier molecular flexibility index (Phi) is 9.64. The smallest absolute Gasteiger partial charge is 0.0996 e. The van der Waals surface area contributed by atoms with Crippen LogP contribution >= 0.6 is 0 Å². The molecule has 0 aliphatic heterocycles. The number of unbranched alkanes of at least 4 members (excludes halogenated alkanes) is 8. The van der Waals surface area contributed by atoms with E-state index in [0.29, 0.717) is 0 Å². The topological polar surface area (TPSA) is 38.4 Å². The van der Waals surface area contributed by atoms with Crippen LogP contribution in [0.3, 0.4) is 0 Å². The van der Waals surface area contributed by atoms with Crippen LogP contribution in [0.2, 0.25) is 0 Å². The van der Waals surface area contributed by atoms with E-state index in [1.54, 1.807) is 0 Å². The second-order valence-electron chi connectivity index (χ2n) is 5.52. The van der Waals surface area contributed by atoms with Gasteiger partial charge in [-0.05, 0) is 18.6 Å². The van der Waals surface area contributed by atoms with Gasteiger partial charge in [-0.3, -0.25) is 0 Å². The summed E-state index contributed by atoms with van der Waals surface area (Å²) in [5.41, 5.74) is 6.91. The number of rotatable bonds is 11. The Labute approximate surface area is 124 Å². The van der Waals surface area contributed by atoms with Crippen molar-refractivity contribution in [1.82, 2.24) is 0 Å². The quantitative estimate of drug-likeness (QED) is 0.318. The van der Waals surface area contributed by atoms with Crippen LogP contribution in [0, 0.1) is 0 Å². The van der Waals surface area contributed by atoms with Crippen molar-refractivity contribution in [2.24, 2.45) is 10.7 Å². The van der Waals surface area contributed by atoms with Crippen LogP contribution in [0.5, 0.6) is 0 Å². The molecule has 1 rings (SSSR count). The van der Waals surface area contributed by atoms with Gasteiger partial charge in [-0.15, -0.1) is 0 Å². The summed E-state index contributed by atoms with van der Waals surface area (Å²) in [6.45, 7) is 2.27. The van der Waals surface area contributed by atoms with Crippen molar-refractivity contribution < 1.29 is 0 Å². The van der Waals surface area contributed by atoms with Gasteiger partial charge in [0.25, 0.3) is 0 Å². The van der Waals surface area contributed by atoms with Gasteiger partial charge >= 0.3 is 0 Å². The molecular formula is C18H30N2. The number of aliphatic imine (C=N–C) groups is 1. The number of nitrogens with zero attached hydrogens (tertiary/aromatic N) is 1. The Morgan fingerprint density at radius 3 is 2.00 bits per heavy atom. The molecule has 20 heavy (non-hydrogen) atoms. The summed E-state index contributed by atoms with van der Waals surface area (Å²) in [6, 6.07) is 9.96. The molecule has 0 bridgehead atoms. The van der Waals surface area contributed by atoms with Gasteiger partial charge in [-0.2, -0.15) is 0 Å². The highest BCUT2D eigenvalue weighted by Gasteiger charge is 1.96. The minimum atomic E-state index is 0.763. The average Bonchev–Trinajstić information content (AvgIpc) is 2.46. The van der Waals surface area contributed by atoms with Crippen molar-refractivity contribution in [3.8, 4) is 0 Å². The monoisotopic (exact) mass is 274 g/mol. The van der Waals surface area contributed by atoms with E-state index in [4.69, 9.17) is 5.73 Å². The number of benzene rings is 1. The van der Waals surface area contributed by atoms with Crippen molar-refractivity contribution >= 4 is 11.5 Å². The molecule has 0 unspecified atom stereocenters. The molecule has 0 aromatic heterocycles. The van der Waals surface area contributed by atoms with Crippen LogP contribution in [0.25, 0.3) is 0 Å². The van der Waals surface area contributed by atoms with E-state index < -0.39 is 0 Å². The molecule has 0 spiro atoms. The first kappa shape index (κ1) is 16.7. The van der Waals surface area contributed by atoms with Crippen LogP contribution in [-0.4, -0.2) is 5.84 Å². The highest BCUT2D eigenvalue weighted by Crippen LogP contribution is 2.12. The zero-order valence-corrected chi connectivity index (χ0v) is 13.0. The molecule has 0 radical (unpaired) electrons. The summed E-state index contributed by atoms with van der Waals surface area (Å²) in [5.74, 6) is 0.763. The fourth-order valence-corrected chi connectivity index (χ4v) is 2.34. The van der Waals surface area contributed by atoms with Crippen molar-refractivity contribution in [3.63, 3.8) is 0 Å². The predicted molar refractivity (Wildman–Crippen MR) is 89.6 cm³/mol. The second-order valence-corrected chi connectivity index (χ2v) is 5.52. The molecule has 0 aliphatic carbocycles. The molecule has 0 aliphatic rings. The van der Waals surface area contributed by atoms with Gasteiger partial charge in [0, 0.05) is 6.42 Å². The second kappa shape index (κ2) is 11.5. The van der Waals surface area contributed by atoms with E-state index in [1.165, 1.54) is 51.4 Å². The van der Waals surface area contributed by atoms with Crippen LogP contribution in [0.4, 0.5) is 5.69 Å². The summed E-state index contributed by atoms with van der Waals surface area (Å²) < 4.78 is 0. The molecule has 0 amide bonds. The van der Waals surface area contributed by atoms with Gasteiger partial charge in [0.15, 0.2) is 0 Å². The summed E-state index contributed by atoms with van der Waals surface area (Å²) in [5, 5.41) is 0. The zero-order chi connectivity index (χ0) is 14.5. The van der Waals surface area contributed by atoms with Crippen molar-refractivity contribution in [1.29, 1.82) is 0 Å². The fourth-order valence-electron chi connectivity index (χ4n) is 2.34. The third kappa shape index (κ3) is 8.73. The van der Waals surface area contributed by atoms with Crippen molar-refractivity contribution in [2.45, 2.75) is 71.1 Å². The Hall–Kier alpha value is -1.31. The normalized spacial score (nSPS) is 11.8. The van der Waals surface area contributed by atoms with Crippen molar-refractivity contribution in [3.05, 3.63) is 30.3 Å². The molecule has 0 atom stereocenters. The van der Waals surface area contributed by atoms with E-state index in [9.17, 15) is 0 Å². The maximum absolute atomic E-state index is 5.95. The van der Waals surface area contributed by atoms with E-state index in [2.05, 4.69) is 11.9 Å². The number of para-hydroxylation sites is 1. The van der Waals surface area contributed by atoms with Crippen LogP contribution in [-0.2, 0) is 0 Å². The molecule has 1 aromatic carbocycles. The van der Waals surface area contributed by atoms with Gasteiger partial charge in [-0.25, -0.2) is 4.99 Å². The third-order valence-corrected chi connectivity index (χ3v) is 3.57. The SMILES string of the molecule is CCCCCCCCCCCC(N)=Nc1ccccc1.